The van der Waals surface area contributed by atoms with Crippen molar-refractivity contribution in [2.45, 2.75) is 13.3 Å². The van der Waals surface area contributed by atoms with Crippen LogP contribution in [-0.4, -0.2) is 25.9 Å². The van der Waals surface area contributed by atoms with Crippen molar-refractivity contribution in [3.05, 3.63) is 53.3 Å². The van der Waals surface area contributed by atoms with Crippen molar-refractivity contribution in [1.29, 1.82) is 0 Å². The predicted octanol–water partition coefficient (Wildman–Crippen LogP) is 2.54. The summed E-state index contributed by atoms with van der Waals surface area (Å²) in [6.07, 6.45) is 4.27. The lowest BCUT2D eigenvalue weighted by molar-refractivity contribution is 0.102. The van der Waals surface area contributed by atoms with E-state index in [1.807, 2.05) is 31.2 Å². The van der Waals surface area contributed by atoms with Gasteiger partial charge < -0.3 is 0 Å². The molecule has 0 fully saturated rings. The van der Waals surface area contributed by atoms with E-state index in [1.165, 1.54) is 11.3 Å². The third kappa shape index (κ3) is 2.82. The lowest BCUT2D eigenvalue weighted by Crippen LogP contribution is -2.15. The molecule has 3 rings (SSSR count). The maximum Gasteiger partial charge on any atom is 0.259 e. The summed E-state index contributed by atoms with van der Waals surface area (Å²) >= 11 is 1.38. The molecule has 2 heterocycles. The van der Waals surface area contributed by atoms with E-state index >= 15 is 0 Å². The van der Waals surface area contributed by atoms with Crippen LogP contribution in [0.3, 0.4) is 0 Å². The van der Waals surface area contributed by atoms with Gasteiger partial charge in [-0.2, -0.15) is 5.10 Å². The zero-order valence-corrected chi connectivity index (χ0v) is 12.2. The third-order valence-electron chi connectivity index (χ3n) is 2.89. The minimum absolute atomic E-state index is 0.222. The highest BCUT2D eigenvalue weighted by Crippen LogP contribution is 2.19. The third-order valence-corrected chi connectivity index (χ3v) is 3.87. The number of benzene rings is 1. The van der Waals surface area contributed by atoms with Crippen LogP contribution < -0.4 is 5.32 Å². The molecule has 2 aromatic heterocycles. The molecule has 0 saturated carbocycles. The van der Waals surface area contributed by atoms with E-state index in [0.717, 1.165) is 17.1 Å². The largest absolute Gasteiger partial charge is 0.296 e. The molecule has 1 aromatic carbocycles. The highest BCUT2D eigenvalue weighted by atomic mass is 32.1. The summed E-state index contributed by atoms with van der Waals surface area (Å²) in [5.41, 5.74) is 1.26. The maximum absolute atomic E-state index is 12.4. The lowest BCUT2D eigenvalue weighted by atomic mass is 10.1. The van der Waals surface area contributed by atoms with Crippen LogP contribution in [0.2, 0.25) is 0 Å². The van der Waals surface area contributed by atoms with Crippen LogP contribution in [0.15, 0.2) is 42.7 Å². The first-order chi connectivity index (χ1) is 10.3. The standard InChI is InChI=1S/C14H13N5OS/c1-2-12-17-18-14(21-12)16-13(20)10-6-3-4-7-11(10)19-9-5-8-15-19/h3-9H,2H2,1H3,(H,16,18,20). The quantitative estimate of drug-likeness (QED) is 0.803. The zero-order valence-electron chi connectivity index (χ0n) is 11.4. The van der Waals surface area contributed by atoms with Crippen molar-refractivity contribution in [2.24, 2.45) is 0 Å². The molecule has 21 heavy (non-hydrogen) atoms. The molecular formula is C14H13N5OS. The molecular weight excluding hydrogens is 286 g/mol. The Morgan fingerprint density at radius 1 is 1.29 bits per heavy atom. The maximum atomic E-state index is 12.4. The number of para-hydroxylation sites is 1. The van der Waals surface area contributed by atoms with E-state index in [2.05, 4.69) is 20.6 Å². The second-order valence-corrected chi connectivity index (χ2v) is 5.34. The molecule has 0 aliphatic heterocycles. The van der Waals surface area contributed by atoms with Gasteiger partial charge in [0.15, 0.2) is 0 Å². The summed E-state index contributed by atoms with van der Waals surface area (Å²) < 4.78 is 1.66. The fraction of sp³-hybridized carbons (Fsp3) is 0.143. The van der Waals surface area contributed by atoms with E-state index in [4.69, 9.17) is 0 Å². The molecule has 106 valence electrons. The molecule has 0 bridgehead atoms. The molecule has 1 N–H and O–H groups in total. The smallest absolute Gasteiger partial charge is 0.259 e. The number of amides is 1. The van der Waals surface area contributed by atoms with Crippen molar-refractivity contribution in [1.82, 2.24) is 20.0 Å². The van der Waals surface area contributed by atoms with Crippen LogP contribution in [0.25, 0.3) is 5.69 Å². The number of carbonyl (C=O) groups is 1. The Labute approximate surface area is 125 Å². The van der Waals surface area contributed by atoms with Gasteiger partial charge in [0.25, 0.3) is 5.91 Å². The van der Waals surface area contributed by atoms with Gasteiger partial charge in [-0.05, 0) is 24.6 Å². The Morgan fingerprint density at radius 2 is 2.14 bits per heavy atom. The Bertz CT molecular complexity index is 750. The fourth-order valence-electron chi connectivity index (χ4n) is 1.89. The Kier molecular flexibility index (Phi) is 3.74. The Balaban J connectivity index is 1.88. The normalized spacial score (nSPS) is 10.5. The van der Waals surface area contributed by atoms with Gasteiger partial charge in [0.1, 0.15) is 5.01 Å². The van der Waals surface area contributed by atoms with Crippen molar-refractivity contribution < 1.29 is 4.79 Å². The van der Waals surface area contributed by atoms with Crippen LogP contribution in [0.5, 0.6) is 0 Å². The van der Waals surface area contributed by atoms with E-state index in [-0.39, 0.29) is 5.91 Å². The summed E-state index contributed by atoms with van der Waals surface area (Å²) in [6.45, 7) is 2.00. The van der Waals surface area contributed by atoms with Gasteiger partial charge in [0.2, 0.25) is 5.13 Å². The molecule has 3 aromatic rings. The van der Waals surface area contributed by atoms with Crippen LogP contribution in [0.1, 0.15) is 22.3 Å². The predicted molar refractivity (Wildman–Crippen MR) is 80.8 cm³/mol. The molecule has 0 atom stereocenters. The Morgan fingerprint density at radius 3 is 2.86 bits per heavy atom. The SMILES string of the molecule is CCc1nnc(NC(=O)c2ccccc2-n2cccn2)s1. The van der Waals surface area contributed by atoms with Crippen LogP contribution in [0, 0.1) is 0 Å². The molecule has 0 aliphatic rings. The average molecular weight is 299 g/mol. The van der Waals surface area contributed by atoms with Gasteiger partial charge in [-0.3, -0.25) is 10.1 Å². The number of hydrogen-bond acceptors (Lipinski definition) is 5. The van der Waals surface area contributed by atoms with E-state index in [1.54, 1.807) is 23.1 Å². The number of nitrogens with one attached hydrogen (secondary N) is 1. The molecule has 0 saturated heterocycles. The first kappa shape index (κ1) is 13.4. The number of carbonyl (C=O) groups excluding carboxylic acids is 1. The van der Waals surface area contributed by atoms with Crippen LogP contribution in [0.4, 0.5) is 5.13 Å². The van der Waals surface area contributed by atoms with Gasteiger partial charge in [-0.1, -0.05) is 30.4 Å². The second kappa shape index (κ2) is 5.84. The summed E-state index contributed by atoms with van der Waals surface area (Å²) in [7, 11) is 0. The number of aryl methyl sites for hydroxylation is 1. The summed E-state index contributed by atoms with van der Waals surface area (Å²) in [6, 6.07) is 9.11. The number of rotatable bonds is 4. The fourth-order valence-corrected chi connectivity index (χ4v) is 2.56. The van der Waals surface area contributed by atoms with Crippen molar-refractivity contribution in [2.75, 3.05) is 5.32 Å². The second-order valence-electron chi connectivity index (χ2n) is 4.28. The topological polar surface area (TPSA) is 72.7 Å². The summed E-state index contributed by atoms with van der Waals surface area (Å²) in [5, 5.41) is 16.3. The molecule has 0 aliphatic carbocycles. The van der Waals surface area contributed by atoms with Gasteiger partial charge >= 0.3 is 0 Å². The van der Waals surface area contributed by atoms with Gasteiger partial charge in [-0.15, -0.1) is 10.2 Å². The highest BCUT2D eigenvalue weighted by Gasteiger charge is 2.14. The van der Waals surface area contributed by atoms with Crippen LogP contribution in [-0.2, 0) is 6.42 Å². The summed E-state index contributed by atoms with van der Waals surface area (Å²) in [4.78, 5) is 12.4. The molecule has 0 unspecified atom stereocenters. The van der Waals surface area contributed by atoms with Crippen molar-refractivity contribution >= 4 is 22.4 Å². The number of hydrogen-bond donors (Lipinski definition) is 1. The number of nitrogens with zero attached hydrogens (tertiary/aromatic N) is 4. The minimum Gasteiger partial charge on any atom is -0.296 e. The molecule has 6 nitrogen and oxygen atoms in total. The first-order valence-corrected chi connectivity index (χ1v) is 7.32. The average Bonchev–Trinajstić information content (AvgIpc) is 3.18. The van der Waals surface area contributed by atoms with E-state index < -0.39 is 0 Å². The lowest BCUT2D eigenvalue weighted by Gasteiger charge is -2.08. The van der Waals surface area contributed by atoms with Gasteiger partial charge in [-0.25, -0.2) is 4.68 Å². The molecule has 0 spiro atoms. The monoisotopic (exact) mass is 299 g/mol. The van der Waals surface area contributed by atoms with Gasteiger partial charge in [0.05, 0.1) is 11.3 Å². The van der Waals surface area contributed by atoms with E-state index in [9.17, 15) is 4.79 Å². The molecule has 1 amide bonds. The molecule has 7 heteroatoms. The molecule has 0 radical (unpaired) electrons. The van der Waals surface area contributed by atoms with Crippen molar-refractivity contribution in [3.63, 3.8) is 0 Å². The van der Waals surface area contributed by atoms with Crippen molar-refractivity contribution in [3.8, 4) is 5.69 Å². The van der Waals surface area contributed by atoms with Gasteiger partial charge in [0, 0.05) is 12.4 Å². The van der Waals surface area contributed by atoms with Crippen LogP contribution >= 0.6 is 11.3 Å². The zero-order chi connectivity index (χ0) is 14.7. The van der Waals surface area contributed by atoms with E-state index in [0.29, 0.717) is 10.7 Å². The first-order valence-electron chi connectivity index (χ1n) is 6.50. The minimum atomic E-state index is -0.222. The highest BCUT2D eigenvalue weighted by molar-refractivity contribution is 7.15. The summed E-state index contributed by atoms with van der Waals surface area (Å²) in [5.74, 6) is -0.222. The Hall–Kier alpha value is -2.54. The number of anilines is 1. The number of aromatic nitrogens is 4.